The second-order valence-electron chi connectivity index (χ2n) is 4.94. The van der Waals surface area contributed by atoms with Gasteiger partial charge in [0.1, 0.15) is 0 Å². The summed E-state index contributed by atoms with van der Waals surface area (Å²) in [6.45, 7) is 5.57. The van der Waals surface area contributed by atoms with Gasteiger partial charge < -0.3 is 4.74 Å². The van der Waals surface area contributed by atoms with E-state index in [0.29, 0.717) is 5.69 Å². The summed E-state index contributed by atoms with van der Waals surface area (Å²) >= 11 is 0. The molecule has 0 fully saturated rings. The highest BCUT2D eigenvalue weighted by Gasteiger charge is 2.25. The van der Waals surface area contributed by atoms with Gasteiger partial charge in [0.15, 0.2) is 9.84 Å². The van der Waals surface area contributed by atoms with Gasteiger partial charge in [-0.1, -0.05) is 6.92 Å². The summed E-state index contributed by atoms with van der Waals surface area (Å²) in [6.07, 6.45) is 2.57. The number of ether oxygens (including phenoxy) is 1. The number of nitrogens with zero attached hydrogens (tertiary/aromatic N) is 2. The zero-order chi connectivity index (χ0) is 15.3. The molecule has 1 aromatic rings. The van der Waals surface area contributed by atoms with E-state index >= 15 is 0 Å². The Balaban J connectivity index is 2.75. The lowest BCUT2D eigenvalue weighted by Crippen LogP contribution is -2.23. The predicted octanol–water partition coefficient (Wildman–Crippen LogP) is 1.72. The molecule has 7 heteroatoms. The number of sulfone groups is 1. The third-order valence-electron chi connectivity index (χ3n) is 3.35. The summed E-state index contributed by atoms with van der Waals surface area (Å²) in [5, 5.41) is 3.49. The summed E-state index contributed by atoms with van der Waals surface area (Å²) in [5.41, 5.74) is 0.502. The molecule has 2 atom stereocenters. The molecular formula is C13H22N2O4S. The number of carbonyl (C=O) groups is 1. The molecule has 0 aromatic carbocycles. The lowest BCUT2D eigenvalue weighted by Gasteiger charge is -2.11. The molecule has 20 heavy (non-hydrogen) atoms. The maximum Gasteiger partial charge on any atom is 0.306 e. The van der Waals surface area contributed by atoms with E-state index in [0.717, 1.165) is 6.42 Å². The van der Waals surface area contributed by atoms with Crippen molar-refractivity contribution in [2.45, 2.75) is 50.7 Å². The SMILES string of the molecule is CCC(C)n1ccc(CS(=O)(=O)C(C)CC(=O)OC)n1. The van der Waals surface area contributed by atoms with E-state index in [9.17, 15) is 13.2 Å². The number of rotatable bonds is 7. The first-order valence-electron chi connectivity index (χ1n) is 6.62. The van der Waals surface area contributed by atoms with Crippen LogP contribution in [0.3, 0.4) is 0 Å². The zero-order valence-electron chi connectivity index (χ0n) is 12.4. The lowest BCUT2D eigenvalue weighted by molar-refractivity contribution is -0.140. The van der Waals surface area contributed by atoms with Crippen LogP contribution >= 0.6 is 0 Å². The standard InChI is InChI=1S/C13H22N2O4S/c1-5-10(2)15-7-6-12(14-15)9-20(17,18)11(3)8-13(16)19-4/h6-7,10-11H,5,8-9H2,1-4H3. The first-order chi connectivity index (χ1) is 9.30. The van der Waals surface area contributed by atoms with Crippen LogP contribution in [0.1, 0.15) is 45.3 Å². The Hall–Kier alpha value is -1.37. The van der Waals surface area contributed by atoms with Gasteiger partial charge in [0.05, 0.1) is 30.2 Å². The molecule has 114 valence electrons. The number of carbonyl (C=O) groups excluding carboxylic acids is 1. The van der Waals surface area contributed by atoms with E-state index in [1.807, 2.05) is 13.8 Å². The highest BCUT2D eigenvalue weighted by Crippen LogP contribution is 2.15. The van der Waals surface area contributed by atoms with Gasteiger partial charge in [-0.3, -0.25) is 9.48 Å². The largest absolute Gasteiger partial charge is 0.469 e. The number of aromatic nitrogens is 2. The van der Waals surface area contributed by atoms with Crippen LogP contribution in [0.4, 0.5) is 0 Å². The van der Waals surface area contributed by atoms with Crippen molar-refractivity contribution in [1.29, 1.82) is 0 Å². The molecule has 0 aliphatic heterocycles. The molecular weight excluding hydrogens is 280 g/mol. The van der Waals surface area contributed by atoms with Crippen LogP contribution in [-0.2, 0) is 25.1 Å². The zero-order valence-corrected chi connectivity index (χ0v) is 13.2. The maximum atomic E-state index is 12.1. The predicted molar refractivity (Wildman–Crippen MR) is 75.9 cm³/mol. The van der Waals surface area contributed by atoms with Gasteiger partial charge in [-0.25, -0.2) is 8.42 Å². The summed E-state index contributed by atoms with van der Waals surface area (Å²) < 4.78 is 30.5. The first-order valence-corrected chi connectivity index (χ1v) is 8.34. The Kier molecular flexibility index (Phi) is 5.74. The van der Waals surface area contributed by atoms with Crippen molar-refractivity contribution in [3.63, 3.8) is 0 Å². The van der Waals surface area contributed by atoms with Gasteiger partial charge in [0.25, 0.3) is 0 Å². The van der Waals surface area contributed by atoms with E-state index in [4.69, 9.17) is 0 Å². The van der Waals surface area contributed by atoms with E-state index in [2.05, 4.69) is 9.84 Å². The molecule has 0 spiro atoms. The van der Waals surface area contributed by atoms with Crippen LogP contribution in [0.5, 0.6) is 0 Å². The fourth-order valence-corrected chi connectivity index (χ4v) is 2.92. The first kappa shape index (κ1) is 16.7. The van der Waals surface area contributed by atoms with Crippen molar-refractivity contribution in [2.75, 3.05) is 7.11 Å². The van der Waals surface area contributed by atoms with Gasteiger partial charge in [0, 0.05) is 12.2 Å². The van der Waals surface area contributed by atoms with Crippen LogP contribution in [-0.4, -0.2) is 36.5 Å². The molecule has 0 saturated carbocycles. The number of esters is 1. The minimum absolute atomic E-state index is 0.134. The number of methoxy groups -OCH3 is 1. The number of hydrogen-bond acceptors (Lipinski definition) is 5. The molecule has 0 bridgehead atoms. The van der Waals surface area contributed by atoms with E-state index in [1.54, 1.807) is 16.9 Å². The van der Waals surface area contributed by atoms with Crippen LogP contribution < -0.4 is 0 Å². The lowest BCUT2D eigenvalue weighted by atomic mass is 10.3. The van der Waals surface area contributed by atoms with E-state index in [-0.39, 0.29) is 18.2 Å². The average molecular weight is 302 g/mol. The summed E-state index contributed by atoms with van der Waals surface area (Å²) in [5.74, 6) is -0.680. The third kappa shape index (κ3) is 4.33. The molecule has 0 amide bonds. The van der Waals surface area contributed by atoms with Crippen LogP contribution in [0, 0.1) is 0 Å². The Labute approximate surface area is 120 Å². The Morgan fingerprint density at radius 1 is 1.45 bits per heavy atom. The van der Waals surface area contributed by atoms with Gasteiger partial charge in [0.2, 0.25) is 0 Å². The Morgan fingerprint density at radius 3 is 2.65 bits per heavy atom. The molecule has 0 radical (unpaired) electrons. The molecule has 0 aliphatic rings. The van der Waals surface area contributed by atoms with Crippen LogP contribution in [0.2, 0.25) is 0 Å². The fraction of sp³-hybridized carbons (Fsp3) is 0.692. The van der Waals surface area contributed by atoms with Crippen molar-refractivity contribution < 1.29 is 17.9 Å². The van der Waals surface area contributed by atoms with Gasteiger partial charge in [-0.05, 0) is 26.3 Å². The Bertz CT molecular complexity index is 550. The second kappa shape index (κ2) is 6.88. The molecule has 0 N–H and O–H groups in total. The molecule has 6 nitrogen and oxygen atoms in total. The summed E-state index contributed by atoms with van der Waals surface area (Å²) in [6, 6.07) is 1.94. The van der Waals surface area contributed by atoms with Crippen molar-refractivity contribution in [2.24, 2.45) is 0 Å². The molecule has 0 saturated heterocycles. The van der Waals surface area contributed by atoms with E-state index in [1.165, 1.54) is 14.0 Å². The van der Waals surface area contributed by atoms with Gasteiger partial charge in [-0.2, -0.15) is 5.10 Å². The smallest absolute Gasteiger partial charge is 0.306 e. The third-order valence-corrected chi connectivity index (χ3v) is 5.44. The molecule has 0 aliphatic carbocycles. The van der Waals surface area contributed by atoms with Crippen molar-refractivity contribution in [1.82, 2.24) is 9.78 Å². The minimum Gasteiger partial charge on any atom is -0.469 e. The average Bonchev–Trinajstić information content (AvgIpc) is 2.85. The second-order valence-corrected chi connectivity index (χ2v) is 7.36. The highest BCUT2D eigenvalue weighted by molar-refractivity contribution is 7.91. The number of hydrogen-bond donors (Lipinski definition) is 0. The molecule has 1 aromatic heterocycles. The monoisotopic (exact) mass is 302 g/mol. The topological polar surface area (TPSA) is 78.3 Å². The van der Waals surface area contributed by atoms with E-state index < -0.39 is 21.1 Å². The highest BCUT2D eigenvalue weighted by atomic mass is 32.2. The van der Waals surface area contributed by atoms with Gasteiger partial charge in [-0.15, -0.1) is 0 Å². The Morgan fingerprint density at radius 2 is 2.10 bits per heavy atom. The summed E-state index contributed by atoms with van der Waals surface area (Å²) in [7, 11) is -2.17. The van der Waals surface area contributed by atoms with Crippen LogP contribution in [0.15, 0.2) is 12.3 Å². The molecule has 1 rings (SSSR count). The fourth-order valence-electron chi connectivity index (χ4n) is 1.68. The minimum atomic E-state index is -3.41. The van der Waals surface area contributed by atoms with Gasteiger partial charge >= 0.3 is 5.97 Å². The van der Waals surface area contributed by atoms with Crippen molar-refractivity contribution >= 4 is 15.8 Å². The molecule has 2 unspecified atom stereocenters. The molecule has 1 heterocycles. The summed E-state index contributed by atoms with van der Waals surface area (Å²) in [4.78, 5) is 11.1. The van der Waals surface area contributed by atoms with Crippen molar-refractivity contribution in [3.8, 4) is 0 Å². The normalized spacial score (nSPS) is 14.8. The van der Waals surface area contributed by atoms with Crippen molar-refractivity contribution in [3.05, 3.63) is 18.0 Å². The van der Waals surface area contributed by atoms with Crippen LogP contribution in [0.25, 0.3) is 0 Å². The quantitative estimate of drug-likeness (QED) is 0.717. The maximum absolute atomic E-state index is 12.1.